The third-order valence-corrected chi connectivity index (χ3v) is 6.31. The van der Waals surface area contributed by atoms with Crippen LogP contribution >= 0.6 is 0 Å². The Balaban J connectivity index is 4.57. The highest BCUT2D eigenvalue weighted by Gasteiger charge is 2.32. The molecule has 0 aliphatic rings. The summed E-state index contributed by atoms with van der Waals surface area (Å²) in [6.07, 6.45) is 1.72. The molecule has 0 aromatic carbocycles. The van der Waals surface area contributed by atoms with E-state index in [1.54, 1.807) is 20.8 Å². The second-order valence-electron chi connectivity index (χ2n) is 6.88. The van der Waals surface area contributed by atoms with Crippen molar-refractivity contribution in [2.45, 2.75) is 72.1 Å². The van der Waals surface area contributed by atoms with Crippen LogP contribution < -0.4 is 5.32 Å². The maximum Gasteiger partial charge on any atom is 0.155 e. The lowest BCUT2D eigenvalue weighted by molar-refractivity contribution is 0.273. The van der Waals surface area contributed by atoms with Crippen molar-refractivity contribution in [3.63, 3.8) is 0 Å². The zero-order valence-corrected chi connectivity index (χ0v) is 13.9. The van der Waals surface area contributed by atoms with E-state index in [-0.39, 0.29) is 11.2 Å². The number of sulfone groups is 1. The third kappa shape index (κ3) is 5.70. The van der Waals surface area contributed by atoms with Crippen LogP contribution in [0.5, 0.6) is 0 Å². The van der Waals surface area contributed by atoms with Crippen molar-refractivity contribution >= 4 is 9.84 Å². The first-order valence-electron chi connectivity index (χ1n) is 6.89. The van der Waals surface area contributed by atoms with Crippen LogP contribution in [-0.2, 0) is 9.84 Å². The van der Waals surface area contributed by atoms with Gasteiger partial charge in [0.05, 0.1) is 10.5 Å². The predicted octanol–water partition coefficient (Wildman–Crippen LogP) is 3.00. The largest absolute Gasteiger partial charge is 0.314 e. The summed E-state index contributed by atoms with van der Waals surface area (Å²) in [6.45, 7) is 14.7. The Hall–Kier alpha value is -0.0900. The normalized spacial score (nSPS) is 16.9. The van der Waals surface area contributed by atoms with Gasteiger partial charge < -0.3 is 5.32 Å². The molecule has 0 saturated carbocycles. The van der Waals surface area contributed by atoms with Crippen molar-refractivity contribution in [2.24, 2.45) is 5.41 Å². The van der Waals surface area contributed by atoms with Gasteiger partial charge >= 0.3 is 0 Å². The predicted molar refractivity (Wildman–Crippen MR) is 79.7 cm³/mol. The first-order valence-corrected chi connectivity index (χ1v) is 8.54. The van der Waals surface area contributed by atoms with Gasteiger partial charge in [0, 0.05) is 12.6 Å². The SMILES string of the molecule is CCC(C)(CCS(=O)(=O)C(C)(C)C)CNC(C)C. The molecule has 3 nitrogen and oxygen atoms in total. The van der Waals surface area contributed by atoms with Crippen molar-refractivity contribution in [1.29, 1.82) is 0 Å². The molecule has 0 aliphatic carbocycles. The molecule has 0 fully saturated rings. The summed E-state index contributed by atoms with van der Waals surface area (Å²) in [5.41, 5.74) is 0.0581. The third-order valence-electron chi connectivity index (χ3n) is 3.70. The quantitative estimate of drug-likeness (QED) is 0.778. The molecule has 0 bridgehead atoms. The second-order valence-corrected chi connectivity index (χ2v) is 9.74. The standard InChI is InChI=1S/C14H31NO2S/c1-8-14(7,11-15-12(2)3)9-10-18(16,17)13(4,5)6/h12,15H,8-11H2,1-7H3. The minimum atomic E-state index is -3.01. The maximum atomic E-state index is 12.1. The van der Waals surface area contributed by atoms with Crippen LogP contribution in [0.25, 0.3) is 0 Å². The van der Waals surface area contributed by atoms with Gasteiger partial charge in [-0.1, -0.05) is 27.7 Å². The van der Waals surface area contributed by atoms with Crippen LogP contribution in [0, 0.1) is 5.41 Å². The van der Waals surface area contributed by atoms with Gasteiger partial charge in [-0.25, -0.2) is 8.42 Å². The van der Waals surface area contributed by atoms with Crippen molar-refractivity contribution in [3.8, 4) is 0 Å². The smallest absolute Gasteiger partial charge is 0.155 e. The van der Waals surface area contributed by atoms with E-state index in [9.17, 15) is 8.42 Å². The highest BCUT2D eigenvalue weighted by atomic mass is 32.2. The molecule has 0 aliphatic heterocycles. The molecule has 0 saturated heterocycles. The molecule has 0 radical (unpaired) electrons. The van der Waals surface area contributed by atoms with Gasteiger partial charge in [-0.05, 0) is 39.0 Å². The van der Waals surface area contributed by atoms with Crippen LogP contribution in [0.1, 0.15) is 61.3 Å². The van der Waals surface area contributed by atoms with Gasteiger partial charge in [-0.15, -0.1) is 0 Å². The van der Waals surface area contributed by atoms with E-state index < -0.39 is 14.6 Å². The zero-order valence-electron chi connectivity index (χ0n) is 13.1. The monoisotopic (exact) mass is 277 g/mol. The molecular formula is C14H31NO2S. The van der Waals surface area contributed by atoms with Crippen LogP contribution in [0.2, 0.25) is 0 Å². The zero-order chi connectivity index (χ0) is 14.6. The van der Waals surface area contributed by atoms with Gasteiger partial charge in [0.15, 0.2) is 9.84 Å². The lowest BCUT2D eigenvalue weighted by Gasteiger charge is -2.31. The molecule has 4 heteroatoms. The molecule has 0 aromatic heterocycles. The minimum Gasteiger partial charge on any atom is -0.314 e. The maximum absolute atomic E-state index is 12.1. The molecule has 0 heterocycles. The molecule has 1 N–H and O–H groups in total. The number of rotatable bonds is 7. The number of hydrogen-bond donors (Lipinski definition) is 1. The fourth-order valence-electron chi connectivity index (χ4n) is 1.53. The Labute approximate surface area is 114 Å². The fourth-order valence-corrected chi connectivity index (χ4v) is 2.90. The number of nitrogens with one attached hydrogen (secondary N) is 1. The summed E-state index contributed by atoms with van der Waals surface area (Å²) in [6, 6.07) is 0.440. The molecule has 0 rings (SSSR count). The number of hydrogen-bond acceptors (Lipinski definition) is 3. The molecule has 110 valence electrons. The van der Waals surface area contributed by atoms with Crippen LogP contribution in [-0.4, -0.2) is 31.5 Å². The van der Waals surface area contributed by atoms with Gasteiger partial charge in [-0.3, -0.25) is 0 Å². The highest BCUT2D eigenvalue weighted by molar-refractivity contribution is 7.92. The molecule has 18 heavy (non-hydrogen) atoms. The van der Waals surface area contributed by atoms with E-state index in [0.717, 1.165) is 19.4 Å². The Morgan fingerprint density at radius 3 is 1.94 bits per heavy atom. The Morgan fingerprint density at radius 2 is 1.61 bits per heavy atom. The highest BCUT2D eigenvalue weighted by Crippen LogP contribution is 2.28. The second kappa shape index (κ2) is 6.38. The molecule has 1 atom stereocenters. The van der Waals surface area contributed by atoms with E-state index >= 15 is 0 Å². The van der Waals surface area contributed by atoms with Gasteiger partial charge in [-0.2, -0.15) is 0 Å². The molecule has 1 unspecified atom stereocenters. The summed E-state index contributed by atoms with van der Waals surface area (Å²) in [4.78, 5) is 0. The first kappa shape index (κ1) is 17.9. The summed E-state index contributed by atoms with van der Waals surface area (Å²) in [7, 11) is -3.01. The van der Waals surface area contributed by atoms with Crippen molar-refractivity contribution in [1.82, 2.24) is 5.32 Å². The average molecular weight is 277 g/mol. The Morgan fingerprint density at radius 1 is 1.11 bits per heavy atom. The topological polar surface area (TPSA) is 46.2 Å². The summed E-state index contributed by atoms with van der Waals surface area (Å²) in [5, 5.41) is 3.42. The summed E-state index contributed by atoms with van der Waals surface area (Å²) < 4.78 is 23.6. The van der Waals surface area contributed by atoms with Crippen molar-refractivity contribution < 1.29 is 8.42 Å². The molecular weight excluding hydrogens is 246 g/mol. The fraction of sp³-hybridized carbons (Fsp3) is 1.00. The van der Waals surface area contributed by atoms with Crippen LogP contribution in [0.4, 0.5) is 0 Å². The first-order chi connectivity index (χ1) is 7.93. The Bertz CT molecular complexity index is 341. The van der Waals surface area contributed by atoms with Gasteiger partial charge in [0.2, 0.25) is 0 Å². The summed E-state index contributed by atoms with van der Waals surface area (Å²) >= 11 is 0. The minimum absolute atomic E-state index is 0.0581. The van der Waals surface area contributed by atoms with Crippen LogP contribution in [0.3, 0.4) is 0 Å². The van der Waals surface area contributed by atoms with E-state index in [2.05, 4.69) is 33.0 Å². The lowest BCUT2D eigenvalue weighted by Crippen LogP contribution is -2.38. The lowest BCUT2D eigenvalue weighted by atomic mass is 9.84. The van der Waals surface area contributed by atoms with Crippen molar-refractivity contribution in [3.05, 3.63) is 0 Å². The van der Waals surface area contributed by atoms with E-state index in [0.29, 0.717) is 6.04 Å². The van der Waals surface area contributed by atoms with E-state index in [4.69, 9.17) is 0 Å². The molecule has 0 spiro atoms. The summed E-state index contributed by atoms with van der Waals surface area (Å²) in [5.74, 6) is 0.278. The molecule has 0 aromatic rings. The van der Waals surface area contributed by atoms with Crippen molar-refractivity contribution in [2.75, 3.05) is 12.3 Å². The van der Waals surface area contributed by atoms with Crippen LogP contribution in [0.15, 0.2) is 0 Å². The van der Waals surface area contributed by atoms with Gasteiger partial charge in [0.1, 0.15) is 0 Å². The van der Waals surface area contributed by atoms with Gasteiger partial charge in [0.25, 0.3) is 0 Å². The van der Waals surface area contributed by atoms with E-state index in [1.807, 2.05) is 0 Å². The Kier molecular flexibility index (Phi) is 6.34. The average Bonchev–Trinajstić information content (AvgIpc) is 2.22. The van der Waals surface area contributed by atoms with E-state index in [1.165, 1.54) is 0 Å². The molecule has 0 amide bonds.